The van der Waals surface area contributed by atoms with Crippen molar-refractivity contribution >= 4 is 6.29 Å². The standard InChI is InChI=1S/C12H16O3/c1-8-5-10(12(7-13)15-4)11(14-3)6-9(8)2/h5-7,12H,1-4H3. The van der Waals surface area contributed by atoms with E-state index >= 15 is 0 Å². The second kappa shape index (κ2) is 4.94. The van der Waals surface area contributed by atoms with Crippen molar-refractivity contribution in [2.75, 3.05) is 14.2 Å². The highest BCUT2D eigenvalue weighted by atomic mass is 16.5. The zero-order valence-electron chi connectivity index (χ0n) is 9.53. The molecular weight excluding hydrogens is 192 g/mol. The average Bonchev–Trinajstić information content (AvgIpc) is 2.24. The molecule has 1 unspecified atom stereocenters. The van der Waals surface area contributed by atoms with Crippen molar-refractivity contribution in [3.63, 3.8) is 0 Å². The molecule has 1 aromatic carbocycles. The Morgan fingerprint density at radius 2 is 1.80 bits per heavy atom. The van der Waals surface area contributed by atoms with E-state index in [0.29, 0.717) is 5.75 Å². The van der Waals surface area contributed by atoms with Crippen molar-refractivity contribution < 1.29 is 14.3 Å². The molecule has 15 heavy (non-hydrogen) atoms. The lowest BCUT2D eigenvalue weighted by molar-refractivity contribution is -0.116. The van der Waals surface area contributed by atoms with Gasteiger partial charge in [0, 0.05) is 12.7 Å². The predicted octanol–water partition coefficient (Wildman–Crippen LogP) is 2.20. The third-order valence-corrected chi connectivity index (χ3v) is 2.53. The summed E-state index contributed by atoms with van der Waals surface area (Å²) in [5, 5.41) is 0. The first-order chi connectivity index (χ1) is 7.13. The number of hydrogen-bond acceptors (Lipinski definition) is 3. The van der Waals surface area contributed by atoms with Gasteiger partial charge in [0.15, 0.2) is 6.29 Å². The van der Waals surface area contributed by atoms with E-state index in [-0.39, 0.29) is 0 Å². The van der Waals surface area contributed by atoms with E-state index in [4.69, 9.17) is 9.47 Å². The molecular formula is C12H16O3. The van der Waals surface area contributed by atoms with Gasteiger partial charge in [-0.2, -0.15) is 0 Å². The molecule has 0 fully saturated rings. The van der Waals surface area contributed by atoms with Crippen molar-refractivity contribution in [2.45, 2.75) is 20.0 Å². The van der Waals surface area contributed by atoms with Crippen LogP contribution in [0.3, 0.4) is 0 Å². The summed E-state index contributed by atoms with van der Waals surface area (Å²) >= 11 is 0. The molecule has 0 aliphatic carbocycles. The maximum absolute atomic E-state index is 10.8. The van der Waals surface area contributed by atoms with Crippen LogP contribution in [0.4, 0.5) is 0 Å². The topological polar surface area (TPSA) is 35.5 Å². The largest absolute Gasteiger partial charge is 0.496 e. The van der Waals surface area contributed by atoms with Crippen LogP contribution in [0.25, 0.3) is 0 Å². The third kappa shape index (κ3) is 2.36. The van der Waals surface area contributed by atoms with Gasteiger partial charge in [0.2, 0.25) is 0 Å². The summed E-state index contributed by atoms with van der Waals surface area (Å²) in [6.45, 7) is 4.00. The van der Waals surface area contributed by atoms with Gasteiger partial charge in [-0.05, 0) is 37.1 Å². The molecule has 3 nitrogen and oxygen atoms in total. The number of hydrogen-bond donors (Lipinski definition) is 0. The lowest BCUT2D eigenvalue weighted by Gasteiger charge is -2.15. The summed E-state index contributed by atoms with van der Waals surface area (Å²) in [5.74, 6) is 0.692. The number of methoxy groups -OCH3 is 2. The highest BCUT2D eigenvalue weighted by molar-refractivity contribution is 5.63. The van der Waals surface area contributed by atoms with Gasteiger partial charge in [-0.25, -0.2) is 0 Å². The van der Waals surface area contributed by atoms with Gasteiger partial charge in [-0.3, -0.25) is 0 Å². The van der Waals surface area contributed by atoms with E-state index < -0.39 is 6.10 Å². The molecule has 0 aromatic heterocycles. The molecule has 0 saturated heterocycles. The Labute approximate surface area is 90.0 Å². The quantitative estimate of drug-likeness (QED) is 0.711. The molecule has 3 heteroatoms. The van der Waals surface area contributed by atoms with E-state index in [1.807, 2.05) is 26.0 Å². The molecule has 0 bridgehead atoms. The maximum Gasteiger partial charge on any atom is 0.153 e. The summed E-state index contributed by atoms with van der Waals surface area (Å²) in [6.07, 6.45) is 0.214. The van der Waals surface area contributed by atoms with Crippen LogP contribution in [0.15, 0.2) is 12.1 Å². The molecule has 0 amide bonds. The summed E-state index contributed by atoms with van der Waals surface area (Å²) < 4.78 is 10.3. The smallest absolute Gasteiger partial charge is 0.153 e. The first-order valence-corrected chi connectivity index (χ1v) is 4.77. The first-order valence-electron chi connectivity index (χ1n) is 4.77. The van der Waals surface area contributed by atoms with Crippen LogP contribution >= 0.6 is 0 Å². The minimum absolute atomic E-state index is 0.556. The molecule has 0 N–H and O–H groups in total. The molecule has 0 aliphatic rings. The minimum Gasteiger partial charge on any atom is -0.496 e. The Morgan fingerprint density at radius 3 is 2.27 bits per heavy atom. The Morgan fingerprint density at radius 1 is 1.20 bits per heavy atom. The van der Waals surface area contributed by atoms with Crippen LogP contribution < -0.4 is 4.74 Å². The number of ether oxygens (including phenoxy) is 2. The van der Waals surface area contributed by atoms with Crippen LogP contribution in [0.2, 0.25) is 0 Å². The monoisotopic (exact) mass is 208 g/mol. The highest BCUT2D eigenvalue weighted by Crippen LogP contribution is 2.29. The molecule has 1 rings (SSSR count). The molecule has 1 aromatic rings. The lowest BCUT2D eigenvalue weighted by atomic mass is 10.0. The third-order valence-electron chi connectivity index (χ3n) is 2.53. The number of aldehydes is 1. The second-order valence-electron chi connectivity index (χ2n) is 3.47. The van der Waals surface area contributed by atoms with Crippen molar-refractivity contribution in [1.29, 1.82) is 0 Å². The van der Waals surface area contributed by atoms with Crippen LogP contribution in [-0.4, -0.2) is 20.5 Å². The fourth-order valence-electron chi connectivity index (χ4n) is 1.47. The van der Waals surface area contributed by atoms with Crippen LogP contribution in [0.5, 0.6) is 5.75 Å². The number of carbonyl (C=O) groups excluding carboxylic acids is 1. The zero-order chi connectivity index (χ0) is 11.4. The van der Waals surface area contributed by atoms with Crippen LogP contribution in [0.1, 0.15) is 22.8 Å². The summed E-state index contributed by atoms with van der Waals surface area (Å²) in [5.41, 5.74) is 3.03. The van der Waals surface area contributed by atoms with Gasteiger partial charge in [0.1, 0.15) is 11.9 Å². The van der Waals surface area contributed by atoms with E-state index in [1.54, 1.807) is 7.11 Å². The van der Waals surface area contributed by atoms with Gasteiger partial charge in [-0.15, -0.1) is 0 Å². The van der Waals surface area contributed by atoms with Crippen molar-refractivity contribution in [3.05, 3.63) is 28.8 Å². The Bertz CT molecular complexity index is 358. The normalized spacial score (nSPS) is 12.3. The van der Waals surface area contributed by atoms with Gasteiger partial charge >= 0.3 is 0 Å². The van der Waals surface area contributed by atoms with Crippen LogP contribution in [-0.2, 0) is 9.53 Å². The molecule has 0 heterocycles. The summed E-state index contributed by atoms with van der Waals surface area (Å²) in [6, 6.07) is 3.84. The van der Waals surface area contributed by atoms with Gasteiger partial charge in [-0.1, -0.05) is 0 Å². The summed E-state index contributed by atoms with van der Waals surface area (Å²) in [4.78, 5) is 10.8. The molecule has 0 spiro atoms. The molecule has 0 radical (unpaired) electrons. The molecule has 0 aliphatic heterocycles. The van der Waals surface area contributed by atoms with Gasteiger partial charge in [0.25, 0.3) is 0 Å². The number of benzene rings is 1. The van der Waals surface area contributed by atoms with Crippen molar-refractivity contribution in [1.82, 2.24) is 0 Å². The second-order valence-corrected chi connectivity index (χ2v) is 3.47. The highest BCUT2D eigenvalue weighted by Gasteiger charge is 2.15. The van der Waals surface area contributed by atoms with E-state index in [0.717, 1.165) is 23.0 Å². The minimum atomic E-state index is -0.556. The maximum atomic E-state index is 10.8. The molecule has 0 saturated carbocycles. The van der Waals surface area contributed by atoms with Crippen molar-refractivity contribution in [3.8, 4) is 5.75 Å². The predicted molar refractivity (Wildman–Crippen MR) is 58.3 cm³/mol. The van der Waals surface area contributed by atoms with E-state index in [1.165, 1.54) is 7.11 Å². The lowest BCUT2D eigenvalue weighted by Crippen LogP contribution is -2.06. The Kier molecular flexibility index (Phi) is 3.86. The van der Waals surface area contributed by atoms with Crippen molar-refractivity contribution in [2.24, 2.45) is 0 Å². The Hall–Kier alpha value is -1.35. The fourth-order valence-corrected chi connectivity index (χ4v) is 1.47. The van der Waals surface area contributed by atoms with Crippen LogP contribution in [0, 0.1) is 13.8 Å². The van der Waals surface area contributed by atoms with E-state index in [2.05, 4.69) is 0 Å². The molecule has 1 atom stereocenters. The Balaban J connectivity index is 3.25. The molecule has 82 valence electrons. The fraction of sp³-hybridized carbons (Fsp3) is 0.417. The van der Waals surface area contributed by atoms with E-state index in [9.17, 15) is 4.79 Å². The summed E-state index contributed by atoms with van der Waals surface area (Å²) in [7, 11) is 3.10. The number of rotatable bonds is 4. The SMILES string of the molecule is COc1cc(C)c(C)cc1C(C=O)OC. The first kappa shape index (κ1) is 11.7. The van der Waals surface area contributed by atoms with Gasteiger partial charge < -0.3 is 14.3 Å². The van der Waals surface area contributed by atoms with Gasteiger partial charge in [0.05, 0.1) is 7.11 Å². The number of aryl methyl sites for hydroxylation is 2. The number of carbonyl (C=O) groups is 1. The average molecular weight is 208 g/mol. The zero-order valence-corrected chi connectivity index (χ0v) is 9.53.